The molecular weight excluding hydrogens is 781 g/mol. The second-order valence-corrected chi connectivity index (χ2v) is 18.6. The fourth-order valence-electron chi connectivity index (χ4n) is 9.38. The van der Waals surface area contributed by atoms with Crippen molar-refractivity contribution in [2.45, 2.75) is 127 Å². The number of carbonyl (C=O) groups excluding carboxylic acids is 1. The summed E-state index contributed by atoms with van der Waals surface area (Å²) in [5.74, 6) is 0.313. The highest BCUT2D eigenvalue weighted by molar-refractivity contribution is 7.98. The van der Waals surface area contributed by atoms with Crippen LogP contribution in [0.1, 0.15) is 110 Å². The van der Waals surface area contributed by atoms with E-state index in [2.05, 4.69) is 44.0 Å². The summed E-state index contributed by atoms with van der Waals surface area (Å²) in [7, 11) is 0. The van der Waals surface area contributed by atoms with Crippen LogP contribution in [0.5, 0.6) is 17.2 Å². The van der Waals surface area contributed by atoms with Crippen molar-refractivity contribution in [1.29, 1.82) is 0 Å². The molecule has 60 heavy (non-hydrogen) atoms. The van der Waals surface area contributed by atoms with Gasteiger partial charge in [0.25, 0.3) is 0 Å². The highest BCUT2D eigenvalue weighted by atomic mass is 32.2. The van der Waals surface area contributed by atoms with Gasteiger partial charge >= 0.3 is 6.09 Å². The van der Waals surface area contributed by atoms with Crippen molar-refractivity contribution in [2.75, 3.05) is 45.8 Å². The number of rotatable bonds is 20. The molecule has 6 rings (SSSR count). The molecule has 330 valence electrons. The first-order valence-corrected chi connectivity index (χ1v) is 23.4. The second-order valence-electron chi connectivity index (χ2n) is 17.8. The fourth-order valence-corrected chi connectivity index (χ4v) is 9.79. The summed E-state index contributed by atoms with van der Waals surface area (Å²) in [6.45, 7) is 13.9. The van der Waals surface area contributed by atoms with Crippen LogP contribution in [0, 0.1) is 23.2 Å². The Hall–Kier alpha value is -3.55. The first-order chi connectivity index (χ1) is 29.0. The molecule has 2 aromatic carbocycles. The van der Waals surface area contributed by atoms with Gasteiger partial charge in [-0.25, -0.2) is 4.79 Å². The molecule has 0 radical (unpaired) electrons. The van der Waals surface area contributed by atoms with Crippen LogP contribution < -0.4 is 9.47 Å². The lowest BCUT2D eigenvalue weighted by Crippen LogP contribution is -2.70. The maximum Gasteiger partial charge on any atom is 0.410 e. The molecule has 1 saturated heterocycles. The highest BCUT2D eigenvalue weighted by Crippen LogP contribution is 2.62. The Bertz CT molecular complexity index is 1770. The Kier molecular flexibility index (Phi) is 16.5. The zero-order valence-corrected chi connectivity index (χ0v) is 37.3. The fraction of sp³-hybridized carbons (Fsp3) is 0.625. The predicted molar refractivity (Wildman–Crippen MR) is 236 cm³/mol. The Morgan fingerprint density at radius 1 is 1.05 bits per heavy atom. The molecule has 2 heterocycles. The van der Waals surface area contributed by atoms with Gasteiger partial charge in [-0.1, -0.05) is 57.8 Å². The minimum atomic E-state index is -1.37. The molecule has 0 aromatic heterocycles. The average molecular weight is 849 g/mol. The number of benzene rings is 2. The topological polar surface area (TPSA) is 129 Å². The number of aliphatic hydroxyl groups is 2. The number of ether oxygens (including phenoxy) is 5. The van der Waals surface area contributed by atoms with Gasteiger partial charge in [-0.3, -0.25) is 4.90 Å². The standard InChI is InChI=1S/C48H68N2O9S/c1-7-24-50(46(53)55-32-47(3,4)5)42-31-40(49-59-43-17-11-14-28-54-43)38-29-33(15-9-12-25-51)37(16-10-13-26-52)44-39-30-35(57-34-18-21-36(60-6)22-19-34)20-23-41(39)58-48(42,45(38)44)56-27-8-2/h8,18-23,29-30,33,37,42-45,51-52H,2,7,9-17,24-28,31-32H2,1,3-6H3. The Labute approximate surface area is 361 Å². The van der Waals surface area contributed by atoms with Gasteiger partial charge in [-0.05, 0) is 116 Å². The van der Waals surface area contributed by atoms with E-state index in [9.17, 15) is 15.0 Å². The molecule has 2 aliphatic heterocycles. The molecule has 1 saturated carbocycles. The zero-order valence-electron chi connectivity index (χ0n) is 36.4. The summed E-state index contributed by atoms with van der Waals surface area (Å²) in [5, 5.41) is 24.8. The number of hydrogen-bond acceptors (Lipinski definition) is 11. The molecule has 7 unspecified atom stereocenters. The molecule has 2 N–H and O–H groups in total. The Morgan fingerprint density at radius 3 is 2.47 bits per heavy atom. The summed E-state index contributed by atoms with van der Waals surface area (Å²) in [5.41, 5.74) is 2.47. The molecule has 4 aliphatic rings. The minimum Gasteiger partial charge on any atom is -0.459 e. The zero-order chi connectivity index (χ0) is 42.7. The molecular formula is C48H68N2O9S. The third-order valence-corrected chi connectivity index (χ3v) is 12.8. The number of nitrogens with zero attached hydrogens (tertiary/aromatic N) is 2. The van der Waals surface area contributed by atoms with Crippen molar-refractivity contribution in [1.82, 2.24) is 4.90 Å². The number of thioether (sulfide) groups is 1. The number of hydrogen-bond donors (Lipinski definition) is 2. The van der Waals surface area contributed by atoms with E-state index >= 15 is 0 Å². The molecule has 1 amide bonds. The third kappa shape index (κ3) is 10.9. The molecule has 0 bridgehead atoms. The average Bonchev–Trinajstić information content (AvgIpc) is 3.25. The number of unbranched alkanes of at least 4 members (excludes halogenated alkanes) is 2. The SMILES string of the molecule is C=CCOC12Oc3ccc(Oc4ccc(SC)cc4)cc3C3C(CCCCO)C(CCCCO)C=C(C(=NOC4CCCCO4)CC1N(CCC)C(=O)OCC(C)(C)C)C32. The smallest absolute Gasteiger partial charge is 0.410 e. The second kappa shape index (κ2) is 21.5. The summed E-state index contributed by atoms with van der Waals surface area (Å²) >= 11 is 1.68. The normalized spacial score (nSPS) is 26.6. The van der Waals surface area contributed by atoms with Crippen LogP contribution in [-0.4, -0.2) is 90.9 Å². The summed E-state index contributed by atoms with van der Waals surface area (Å²) in [6, 6.07) is 13.4. The molecule has 0 spiro atoms. The van der Waals surface area contributed by atoms with Crippen LogP contribution in [0.25, 0.3) is 0 Å². The van der Waals surface area contributed by atoms with Gasteiger partial charge in [0.05, 0.1) is 31.5 Å². The molecule has 7 atom stereocenters. The van der Waals surface area contributed by atoms with Crippen LogP contribution >= 0.6 is 11.8 Å². The molecule has 11 nitrogen and oxygen atoms in total. The van der Waals surface area contributed by atoms with Crippen LogP contribution in [-0.2, 0) is 19.0 Å². The van der Waals surface area contributed by atoms with E-state index in [-0.39, 0.29) is 49.6 Å². The lowest BCUT2D eigenvalue weighted by molar-refractivity contribution is -0.255. The maximum atomic E-state index is 14.5. The molecule has 2 aliphatic carbocycles. The first kappa shape index (κ1) is 46.0. The van der Waals surface area contributed by atoms with Crippen molar-refractivity contribution < 1.29 is 43.5 Å². The molecule has 12 heteroatoms. The van der Waals surface area contributed by atoms with Crippen molar-refractivity contribution in [2.24, 2.45) is 28.3 Å². The lowest BCUT2D eigenvalue weighted by Gasteiger charge is -2.60. The van der Waals surface area contributed by atoms with Crippen molar-refractivity contribution in [3.8, 4) is 17.2 Å². The van der Waals surface area contributed by atoms with Crippen LogP contribution in [0.15, 0.2) is 76.8 Å². The van der Waals surface area contributed by atoms with E-state index < -0.39 is 30.1 Å². The van der Waals surface area contributed by atoms with E-state index in [1.54, 1.807) is 22.7 Å². The van der Waals surface area contributed by atoms with Gasteiger partial charge in [0.15, 0.2) is 0 Å². The van der Waals surface area contributed by atoms with Gasteiger partial charge in [0.1, 0.15) is 23.3 Å². The number of amides is 1. The van der Waals surface area contributed by atoms with Crippen LogP contribution in [0.2, 0.25) is 0 Å². The van der Waals surface area contributed by atoms with Crippen molar-refractivity contribution >= 4 is 23.6 Å². The van der Waals surface area contributed by atoms with E-state index in [4.69, 9.17) is 33.7 Å². The van der Waals surface area contributed by atoms with Gasteiger partial charge < -0.3 is 38.7 Å². The number of oxime groups is 1. The Balaban J connectivity index is 1.56. The quantitative estimate of drug-likeness (QED) is 0.0575. The largest absolute Gasteiger partial charge is 0.459 e. The van der Waals surface area contributed by atoms with Gasteiger partial charge in [0.2, 0.25) is 12.1 Å². The minimum absolute atomic E-state index is 0.0875. The number of aliphatic hydroxyl groups excluding tert-OH is 2. The summed E-state index contributed by atoms with van der Waals surface area (Å²) < 4.78 is 33.1. The van der Waals surface area contributed by atoms with E-state index in [0.29, 0.717) is 50.3 Å². The Morgan fingerprint density at radius 2 is 1.80 bits per heavy atom. The number of fused-ring (bicyclic) bond motifs is 2. The van der Waals surface area contributed by atoms with E-state index in [1.165, 1.54) is 0 Å². The lowest BCUT2D eigenvalue weighted by atomic mass is 9.55. The van der Waals surface area contributed by atoms with Gasteiger partial charge in [0, 0.05) is 49.0 Å². The first-order valence-electron chi connectivity index (χ1n) is 22.2. The molecule has 2 fully saturated rings. The van der Waals surface area contributed by atoms with Crippen LogP contribution in [0.3, 0.4) is 0 Å². The van der Waals surface area contributed by atoms with Gasteiger partial charge in [-0.15, -0.1) is 18.3 Å². The van der Waals surface area contributed by atoms with Crippen molar-refractivity contribution in [3.63, 3.8) is 0 Å². The highest BCUT2D eigenvalue weighted by Gasteiger charge is 2.65. The van der Waals surface area contributed by atoms with Crippen LogP contribution in [0.4, 0.5) is 4.79 Å². The van der Waals surface area contributed by atoms with Crippen molar-refractivity contribution in [3.05, 3.63) is 72.3 Å². The van der Waals surface area contributed by atoms with E-state index in [1.807, 2.05) is 45.0 Å². The summed E-state index contributed by atoms with van der Waals surface area (Å²) in [4.78, 5) is 23.7. The monoisotopic (exact) mass is 848 g/mol. The van der Waals surface area contributed by atoms with E-state index in [0.717, 1.165) is 72.4 Å². The summed E-state index contributed by atoms with van der Waals surface area (Å²) in [6.07, 6.45) is 13.7. The maximum absolute atomic E-state index is 14.5. The number of carbonyl (C=O) groups is 1. The third-order valence-electron chi connectivity index (χ3n) is 12.1. The van der Waals surface area contributed by atoms with Gasteiger partial charge in [-0.2, -0.15) is 0 Å². The molecule has 2 aromatic rings. The predicted octanol–water partition coefficient (Wildman–Crippen LogP) is 10.3. The number of allylic oxidation sites excluding steroid dienone is 1.